The van der Waals surface area contributed by atoms with Gasteiger partial charge in [-0.05, 0) is 30.0 Å². The first-order chi connectivity index (χ1) is 21.7. The van der Waals surface area contributed by atoms with Crippen LogP contribution in [0.5, 0.6) is 0 Å². The summed E-state index contributed by atoms with van der Waals surface area (Å²) in [6.45, 7) is 5.28. The Morgan fingerprint density at radius 1 is 0.568 bits per heavy atom. The molecule has 0 aromatic heterocycles. The first-order valence-electron chi connectivity index (χ1n) is 17.9. The van der Waals surface area contributed by atoms with E-state index >= 15 is 0 Å². The first-order valence-corrected chi connectivity index (χ1v) is 17.9. The summed E-state index contributed by atoms with van der Waals surface area (Å²) in [6, 6.07) is 31.5. The Morgan fingerprint density at radius 3 is 1.32 bits per heavy atom. The van der Waals surface area contributed by atoms with Crippen LogP contribution in [-0.4, -0.2) is 30.4 Å². The van der Waals surface area contributed by atoms with E-state index in [4.69, 9.17) is 4.74 Å². The highest BCUT2D eigenvalue weighted by atomic mass is 16.5. The van der Waals surface area contributed by atoms with Crippen molar-refractivity contribution < 1.29 is 9.84 Å². The molecular formula is C41H61NO2. The van der Waals surface area contributed by atoms with Crippen LogP contribution >= 0.6 is 0 Å². The molecule has 0 fully saturated rings. The van der Waals surface area contributed by atoms with Gasteiger partial charge in [-0.1, -0.05) is 194 Å². The predicted octanol–water partition coefficient (Wildman–Crippen LogP) is 10.6. The fourth-order valence-electron chi connectivity index (χ4n) is 6.31. The number of rotatable bonds is 25. The van der Waals surface area contributed by atoms with Gasteiger partial charge in [0.15, 0.2) is 0 Å². The van der Waals surface area contributed by atoms with E-state index in [-0.39, 0.29) is 6.61 Å². The summed E-state index contributed by atoms with van der Waals surface area (Å²) in [5, 5.41) is 14.6. The van der Waals surface area contributed by atoms with Gasteiger partial charge in [-0.15, -0.1) is 0 Å². The van der Waals surface area contributed by atoms with Crippen LogP contribution in [0.1, 0.15) is 133 Å². The number of benzene rings is 3. The molecule has 0 spiro atoms. The largest absolute Gasteiger partial charge is 0.389 e. The van der Waals surface area contributed by atoms with E-state index in [9.17, 15) is 5.11 Å². The number of ether oxygens (including phenoxy) is 1. The highest BCUT2D eigenvalue weighted by molar-refractivity contribution is 5.47. The van der Waals surface area contributed by atoms with Crippen LogP contribution in [0, 0.1) is 0 Å². The number of aliphatic hydroxyl groups excluding tert-OH is 1. The third-order valence-electron chi connectivity index (χ3n) is 8.98. The predicted molar refractivity (Wildman–Crippen MR) is 188 cm³/mol. The maximum absolute atomic E-state index is 11.0. The van der Waals surface area contributed by atoms with Crippen LogP contribution in [0.15, 0.2) is 91.0 Å². The fourth-order valence-corrected chi connectivity index (χ4v) is 6.31. The lowest BCUT2D eigenvalue weighted by molar-refractivity contribution is -0.0377. The van der Waals surface area contributed by atoms with Crippen LogP contribution in [0.2, 0.25) is 0 Å². The monoisotopic (exact) mass is 599 g/mol. The minimum atomic E-state index is -0.801. The van der Waals surface area contributed by atoms with E-state index in [0.717, 1.165) is 23.1 Å². The van der Waals surface area contributed by atoms with Crippen LogP contribution in [0.3, 0.4) is 0 Å². The second-order valence-corrected chi connectivity index (χ2v) is 12.8. The number of hydrogen-bond donors (Lipinski definition) is 2. The molecule has 0 radical (unpaired) electrons. The van der Waals surface area contributed by atoms with Gasteiger partial charge in [-0.3, -0.25) is 0 Å². The van der Waals surface area contributed by atoms with E-state index in [2.05, 4.69) is 92.0 Å². The summed E-state index contributed by atoms with van der Waals surface area (Å²) in [5.74, 6) is 0. The minimum absolute atomic E-state index is 0.233. The average Bonchev–Trinajstić information content (AvgIpc) is 3.07. The molecule has 0 aliphatic heterocycles. The molecule has 3 rings (SSSR count). The lowest BCUT2D eigenvalue weighted by Crippen LogP contribution is -2.40. The SMILES string of the molecule is CCCCCCCCCCCCCCCCCC(C)NCC(O)COC(c1ccccc1)(c1ccccc1)c1ccccc1. The summed E-state index contributed by atoms with van der Waals surface area (Å²) in [6.07, 6.45) is 21.4. The minimum Gasteiger partial charge on any atom is -0.389 e. The molecule has 0 aliphatic rings. The first kappa shape index (κ1) is 36.0. The second kappa shape index (κ2) is 22.1. The lowest BCUT2D eigenvalue weighted by atomic mass is 9.80. The number of unbranched alkanes of at least 4 members (excludes halogenated alkanes) is 14. The third kappa shape index (κ3) is 12.9. The third-order valence-corrected chi connectivity index (χ3v) is 8.98. The molecule has 0 heterocycles. The van der Waals surface area contributed by atoms with Crippen molar-refractivity contribution >= 4 is 0 Å². The van der Waals surface area contributed by atoms with Gasteiger partial charge >= 0.3 is 0 Å². The quantitative estimate of drug-likeness (QED) is 0.0752. The van der Waals surface area contributed by atoms with Crippen molar-refractivity contribution in [2.24, 2.45) is 0 Å². The second-order valence-electron chi connectivity index (χ2n) is 12.8. The standard InChI is InChI=1S/C41H61NO2/c1-3-4-5-6-7-8-9-10-11-12-13-14-15-16-20-27-36(2)42-34-40(43)35-44-41(37-28-21-17-22-29-37,38-30-23-18-24-31-38)39-32-25-19-26-33-39/h17-19,21-26,28-33,36,40,42-43H,3-16,20,27,34-35H2,1-2H3. The normalized spacial score (nSPS) is 13.2. The van der Waals surface area contributed by atoms with Gasteiger partial charge in [0.2, 0.25) is 0 Å². The molecule has 2 unspecified atom stereocenters. The maximum atomic E-state index is 11.0. The van der Waals surface area contributed by atoms with Gasteiger partial charge in [-0.2, -0.15) is 0 Å². The summed E-state index contributed by atoms with van der Waals surface area (Å²) >= 11 is 0. The number of nitrogens with one attached hydrogen (secondary N) is 1. The summed E-state index contributed by atoms with van der Waals surface area (Å²) < 4.78 is 6.78. The zero-order chi connectivity index (χ0) is 31.1. The van der Waals surface area contributed by atoms with E-state index in [1.807, 2.05) is 18.2 Å². The Balaban J connectivity index is 1.34. The topological polar surface area (TPSA) is 41.5 Å². The van der Waals surface area contributed by atoms with E-state index in [1.54, 1.807) is 0 Å². The molecule has 3 nitrogen and oxygen atoms in total. The van der Waals surface area contributed by atoms with Crippen molar-refractivity contribution in [2.45, 2.75) is 134 Å². The van der Waals surface area contributed by atoms with Crippen molar-refractivity contribution in [3.8, 4) is 0 Å². The molecule has 3 heteroatoms. The van der Waals surface area contributed by atoms with Crippen molar-refractivity contribution in [1.82, 2.24) is 5.32 Å². The Bertz CT molecular complexity index is 975. The van der Waals surface area contributed by atoms with Gasteiger partial charge in [0.25, 0.3) is 0 Å². The maximum Gasteiger partial charge on any atom is 0.143 e. The Labute approximate surface area is 269 Å². The molecule has 0 saturated heterocycles. The van der Waals surface area contributed by atoms with Crippen molar-refractivity contribution in [3.63, 3.8) is 0 Å². The molecule has 0 bridgehead atoms. The van der Waals surface area contributed by atoms with Crippen LogP contribution in [0.25, 0.3) is 0 Å². The molecular weight excluding hydrogens is 538 g/mol. The number of hydrogen-bond acceptors (Lipinski definition) is 3. The van der Waals surface area contributed by atoms with E-state index in [0.29, 0.717) is 12.6 Å². The van der Waals surface area contributed by atoms with Crippen LogP contribution in [-0.2, 0) is 10.3 Å². The van der Waals surface area contributed by atoms with E-state index < -0.39 is 11.7 Å². The molecule has 0 saturated carbocycles. The average molecular weight is 600 g/mol. The van der Waals surface area contributed by atoms with Gasteiger partial charge in [-0.25, -0.2) is 0 Å². The van der Waals surface area contributed by atoms with E-state index in [1.165, 1.54) is 96.3 Å². The summed E-state index contributed by atoms with van der Waals surface area (Å²) in [7, 11) is 0. The smallest absolute Gasteiger partial charge is 0.143 e. The molecule has 242 valence electrons. The number of aliphatic hydroxyl groups is 1. The zero-order valence-corrected chi connectivity index (χ0v) is 27.9. The van der Waals surface area contributed by atoms with Crippen molar-refractivity contribution in [3.05, 3.63) is 108 Å². The molecule has 2 N–H and O–H groups in total. The van der Waals surface area contributed by atoms with Gasteiger partial charge in [0, 0.05) is 12.6 Å². The van der Waals surface area contributed by atoms with Crippen molar-refractivity contribution in [2.75, 3.05) is 13.2 Å². The van der Waals surface area contributed by atoms with Gasteiger partial charge in [0.1, 0.15) is 5.60 Å². The van der Waals surface area contributed by atoms with Crippen LogP contribution in [0.4, 0.5) is 0 Å². The molecule has 3 aromatic carbocycles. The van der Waals surface area contributed by atoms with Gasteiger partial charge < -0.3 is 15.2 Å². The Morgan fingerprint density at radius 2 is 0.932 bits per heavy atom. The summed E-state index contributed by atoms with van der Waals surface area (Å²) in [5.41, 5.74) is 2.36. The molecule has 0 amide bonds. The van der Waals surface area contributed by atoms with Crippen LogP contribution < -0.4 is 5.32 Å². The Kier molecular flexibility index (Phi) is 18.1. The van der Waals surface area contributed by atoms with Crippen molar-refractivity contribution in [1.29, 1.82) is 0 Å². The highest BCUT2D eigenvalue weighted by Crippen LogP contribution is 2.40. The molecule has 0 aliphatic carbocycles. The lowest BCUT2D eigenvalue weighted by Gasteiger charge is -2.36. The summed E-state index contributed by atoms with van der Waals surface area (Å²) in [4.78, 5) is 0. The molecule has 3 aromatic rings. The fraction of sp³-hybridized carbons (Fsp3) is 0.561. The molecule has 2 atom stereocenters. The molecule has 44 heavy (non-hydrogen) atoms. The zero-order valence-electron chi connectivity index (χ0n) is 27.9. The Hall–Kier alpha value is -2.46. The van der Waals surface area contributed by atoms with Gasteiger partial charge in [0.05, 0.1) is 12.7 Å². The highest BCUT2D eigenvalue weighted by Gasteiger charge is 2.38.